The number of rotatable bonds is 5. The number of aryl methyl sites for hydroxylation is 1. The molecule has 0 spiro atoms. The molecule has 1 N–H and O–H groups in total. The lowest BCUT2D eigenvalue weighted by molar-refractivity contribution is -0.120. The van der Waals surface area contributed by atoms with E-state index in [-0.39, 0.29) is 16.7 Å². The smallest absolute Gasteiger partial charge is 0.244 e. The minimum atomic E-state index is -3.55. The molecule has 0 bridgehead atoms. The van der Waals surface area contributed by atoms with Crippen molar-refractivity contribution in [3.05, 3.63) is 48.3 Å². The Balaban J connectivity index is 1.35. The summed E-state index contributed by atoms with van der Waals surface area (Å²) in [4.78, 5) is 19.2. The van der Waals surface area contributed by atoms with Gasteiger partial charge < -0.3 is 10.2 Å². The molecule has 160 valence electrons. The Bertz CT molecular complexity index is 996. The van der Waals surface area contributed by atoms with Gasteiger partial charge in [-0.1, -0.05) is 0 Å². The average Bonchev–Trinajstić information content (AvgIpc) is 3.29. The SMILES string of the molecule is Cc1cc(NC(=O)C2CCN(S(=O)(=O)c3cccnc3)CC2)ccc1N1CCCC1. The third-order valence-corrected chi connectivity index (χ3v) is 7.89. The molecule has 4 rings (SSSR count). The molecule has 3 heterocycles. The Morgan fingerprint density at radius 3 is 2.47 bits per heavy atom. The van der Waals surface area contributed by atoms with Gasteiger partial charge in [-0.2, -0.15) is 4.31 Å². The number of anilines is 2. The van der Waals surface area contributed by atoms with Crippen LogP contribution in [-0.4, -0.2) is 49.8 Å². The van der Waals surface area contributed by atoms with Crippen molar-refractivity contribution in [3.8, 4) is 0 Å². The van der Waals surface area contributed by atoms with Crippen LogP contribution in [0.25, 0.3) is 0 Å². The zero-order chi connectivity index (χ0) is 21.1. The summed E-state index contributed by atoms with van der Waals surface area (Å²) in [6.07, 6.45) is 6.39. The Labute approximate surface area is 178 Å². The van der Waals surface area contributed by atoms with E-state index in [4.69, 9.17) is 0 Å². The molecule has 30 heavy (non-hydrogen) atoms. The van der Waals surface area contributed by atoms with E-state index in [0.29, 0.717) is 25.9 Å². The largest absolute Gasteiger partial charge is 0.371 e. The van der Waals surface area contributed by atoms with E-state index in [2.05, 4.69) is 28.2 Å². The van der Waals surface area contributed by atoms with Gasteiger partial charge in [-0.25, -0.2) is 8.42 Å². The van der Waals surface area contributed by atoms with Crippen LogP contribution < -0.4 is 10.2 Å². The van der Waals surface area contributed by atoms with E-state index < -0.39 is 10.0 Å². The first-order valence-corrected chi connectivity index (χ1v) is 12.0. The van der Waals surface area contributed by atoms with Crippen LogP contribution in [0.15, 0.2) is 47.6 Å². The van der Waals surface area contributed by atoms with E-state index in [9.17, 15) is 13.2 Å². The second kappa shape index (κ2) is 8.73. The van der Waals surface area contributed by atoms with Gasteiger partial charge in [0.2, 0.25) is 15.9 Å². The van der Waals surface area contributed by atoms with Gasteiger partial charge >= 0.3 is 0 Å². The van der Waals surface area contributed by atoms with E-state index >= 15 is 0 Å². The molecule has 0 radical (unpaired) electrons. The third kappa shape index (κ3) is 4.34. The number of aromatic nitrogens is 1. The van der Waals surface area contributed by atoms with Crippen LogP contribution in [0, 0.1) is 12.8 Å². The van der Waals surface area contributed by atoms with Crippen LogP contribution in [-0.2, 0) is 14.8 Å². The maximum atomic E-state index is 12.7. The van der Waals surface area contributed by atoms with Crippen molar-refractivity contribution in [3.63, 3.8) is 0 Å². The molecule has 2 aromatic rings. The molecule has 2 aliphatic heterocycles. The summed E-state index contributed by atoms with van der Waals surface area (Å²) in [7, 11) is -3.55. The maximum absolute atomic E-state index is 12.7. The number of hydrogen-bond donors (Lipinski definition) is 1. The fourth-order valence-corrected chi connectivity index (χ4v) is 5.73. The van der Waals surface area contributed by atoms with Gasteiger partial charge in [0.1, 0.15) is 4.90 Å². The van der Waals surface area contributed by atoms with Gasteiger partial charge in [0.25, 0.3) is 0 Å². The number of pyridine rings is 1. The Hall–Kier alpha value is -2.45. The fraction of sp³-hybridized carbons (Fsp3) is 0.455. The summed E-state index contributed by atoms with van der Waals surface area (Å²) in [6, 6.07) is 9.23. The number of piperidine rings is 1. The number of nitrogens with zero attached hydrogens (tertiary/aromatic N) is 3. The molecule has 8 heteroatoms. The second-order valence-corrected chi connectivity index (χ2v) is 9.99. The predicted octanol–water partition coefficient (Wildman–Crippen LogP) is 3.03. The van der Waals surface area contributed by atoms with Crippen molar-refractivity contribution < 1.29 is 13.2 Å². The highest BCUT2D eigenvalue weighted by molar-refractivity contribution is 7.89. The highest BCUT2D eigenvalue weighted by Gasteiger charge is 2.32. The third-order valence-electron chi connectivity index (χ3n) is 6.01. The van der Waals surface area contributed by atoms with Crippen LogP contribution in [0.1, 0.15) is 31.2 Å². The molecular formula is C22H28N4O3S. The van der Waals surface area contributed by atoms with Crippen LogP contribution >= 0.6 is 0 Å². The summed E-state index contributed by atoms with van der Waals surface area (Å²) in [6.45, 7) is 4.93. The van der Waals surface area contributed by atoms with E-state index in [0.717, 1.165) is 24.3 Å². The number of hydrogen-bond acceptors (Lipinski definition) is 5. The molecule has 1 amide bonds. The molecule has 1 aromatic heterocycles. The van der Waals surface area contributed by atoms with Crippen LogP contribution in [0.5, 0.6) is 0 Å². The lowest BCUT2D eigenvalue weighted by atomic mass is 9.97. The summed E-state index contributed by atoms with van der Waals surface area (Å²) >= 11 is 0. The van der Waals surface area contributed by atoms with Crippen LogP contribution in [0.4, 0.5) is 11.4 Å². The van der Waals surface area contributed by atoms with Crippen molar-refractivity contribution in [2.24, 2.45) is 5.92 Å². The maximum Gasteiger partial charge on any atom is 0.244 e. The number of carbonyl (C=O) groups is 1. The number of benzene rings is 1. The number of nitrogens with one attached hydrogen (secondary N) is 1. The van der Waals surface area contributed by atoms with Crippen LogP contribution in [0.3, 0.4) is 0 Å². The van der Waals surface area contributed by atoms with Crippen molar-refractivity contribution in [2.75, 3.05) is 36.4 Å². The lowest BCUT2D eigenvalue weighted by Crippen LogP contribution is -2.41. The van der Waals surface area contributed by atoms with E-state index in [1.54, 1.807) is 18.3 Å². The normalized spacial score (nSPS) is 18.5. The lowest BCUT2D eigenvalue weighted by Gasteiger charge is -2.30. The predicted molar refractivity (Wildman–Crippen MR) is 117 cm³/mol. The highest BCUT2D eigenvalue weighted by atomic mass is 32.2. The first-order valence-electron chi connectivity index (χ1n) is 10.5. The minimum Gasteiger partial charge on any atom is -0.371 e. The molecule has 0 aliphatic carbocycles. The summed E-state index contributed by atoms with van der Waals surface area (Å²) < 4.78 is 26.9. The summed E-state index contributed by atoms with van der Waals surface area (Å²) in [5.41, 5.74) is 3.19. The van der Waals surface area contributed by atoms with E-state index in [1.165, 1.54) is 29.0 Å². The zero-order valence-corrected chi connectivity index (χ0v) is 18.1. The zero-order valence-electron chi connectivity index (χ0n) is 17.3. The topological polar surface area (TPSA) is 82.6 Å². The van der Waals surface area contributed by atoms with Gasteiger partial charge in [-0.05, 0) is 68.5 Å². The number of amides is 1. The second-order valence-electron chi connectivity index (χ2n) is 8.05. The van der Waals surface area contributed by atoms with Gasteiger partial charge in [0, 0.05) is 55.9 Å². The molecule has 1 aromatic carbocycles. The summed E-state index contributed by atoms with van der Waals surface area (Å²) in [5.74, 6) is -0.231. The Morgan fingerprint density at radius 1 is 1.10 bits per heavy atom. The van der Waals surface area contributed by atoms with Gasteiger partial charge in [0.05, 0.1) is 0 Å². The quantitative estimate of drug-likeness (QED) is 0.792. The molecule has 2 aliphatic rings. The first kappa shape index (κ1) is 20.8. The molecule has 0 unspecified atom stereocenters. The van der Waals surface area contributed by atoms with Crippen molar-refractivity contribution in [2.45, 2.75) is 37.5 Å². The summed E-state index contributed by atoms with van der Waals surface area (Å²) in [5, 5.41) is 3.02. The average molecular weight is 429 g/mol. The van der Waals surface area contributed by atoms with E-state index in [1.807, 2.05) is 12.1 Å². The monoisotopic (exact) mass is 428 g/mol. The molecule has 7 nitrogen and oxygen atoms in total. The molecule has 0 atom stereocenters. The van der Waals surface area contributed by atoms with Crippen molar-refractivity contribution in [1.29, 1.82) is 0 Å². The minimum absolute atomic E-state index is 0.0400. The standard InChI is InChI=1S/C22H28N4O3S/c1-17-15-19(6-7-21(17)25-11-2-3-12-25)24-22(27)18-8-13-26(14-9-18)30(28,29)20-5-4-10-23-16-20/h4-7,10,15-16,18H,2-3,8-9,11-14H2,1H3,(H,24,27). The Morgan fingerprint density at radius 2 is 1.83 bits per heavy atom. The molecule has 0 saturated carbocycles. The fourth-order valence-electron chi connectivity index (χ4n) is 4.30. The van der Waals surface area contributed by atoms with Gasteiger partial charge in [-0.15, -0.1) is 0 Å². The highest BCUT2D eigenvalue weighted by Crippen LogP contribution is 2.28. The van der Waals surface area contributed by atoms with Gasteiger partial charge in [0.15, 0.2) is 0 Å². The first-order chi connectivity index (χ1) is 14.4. The van der Waals surface area contributed by atoms with Crippen LogP contribution in [0.2, 0.25) is 0 Å². The molecular weight excluding hydrogens is 400 g/mol. The van der Waals surface area contributed by atoms with Gasteiger partial charge in [-0.3, -0.25) is 9.78 Å². The number of sulfonamides is 1. The Kier molecular flexibility index (Phi) is 6.06. The van der Waals surface area contributed by atoms with Crippen molar-refractivity contribution in [1.82, 2.24) is 9.29 Å². The number of carbonyl (C=O) groups excluding carboxylic acids is 1. The van der Waals surface area contributed by atoms with Crippen molar-refractivity contribution >= 4 is 27.3 Å². The molecule has 2 fully saturated rings. The molecule has 2 saturated heterocycles.